The van der Waals surface area contributed by atoms with Crippen molar-refractivity contribution in [2.45, 2.75) is 37.6 Å². The summed E-state index contributed by atoms with van der Waals surface area (Å²) >= 11 is 0. The molecule has 11 heavy (non-hydrogen) atoms. The van der Waals surface area contributed by atoms with Crippen LogP contribution in [0.25, 0.3) is 0 Å². The Labute approximate surface area is 66.4 Å². The summed E-state index contributed by atoms with van der Waals surface area (Å²) in [5.41, 5.74) is 0.293. The topological polar surface area (TPSA) is 29.1 Å². The zero-order valence-electron chi connectivity index (χ0n) is 6.60. The van der Waals surface area contributed by atoms with E-state index < -0.39 is 0 Å². The van der Waals surface area contributed by atoms with Crippen LogP contribution < -0.4 is 5.32 Å². The molecule has 3 fully saturated rings. The minimum Gasteiger partial charge on any atom is -0.350 e. The van der Waals surface area contributed by atoms with Crippen molar-refractivity contribution in [2.75, 3.05) is 0 Å². The third-order valence-corrected chi connectivity index (χ3v) is 3.78. The highest BCUT2D eigenvalue weighted by atomic mass is 16.2. The van der Waals surface area contributed by atoms with E-state index in [1.807, 2.05) is 0 Å². The average molecular weight is 151 g/mol. The molecule has 3 rings (SSSR count). The fraction of sp³-hybridized carbons (Fsp3) is 0.889. The van der Waals surface area contributed by atoms with Crippen molar-refractivity contribution in [3.8, 4) is 0 Å². The van der Waals surface area contributed by atoms with Crippen LogP contribution in [0.2, 0.25) is 0 Å². The van der Waals surface area contributed by atoms with Crippen LogP contribution in [0.3, 0.4) is 0 Å². The summed E-state index contributed by atoms with van der Waals surface area (Å²) in [7, 11) is 0. The number of hydrogen-bond acceptors (Lipinski definition) is 1. The summed E-state index contributed by atoms with van der Waals surface area (Å²) in [6.45, 7) is 0. The third kappa shape index (κ3) is 0.652. The van der Waals surface area contributed by atoms with Gasteiger partial charge in [0.05, 0.1) is 0 Å². The van der Waals surface area contributed by atoms with Gasteiger partial charge in [0.25, 0.3) is 0 Å². The lowest BCUT2D eigenvalue weighted by atomic mass is 9.91. The molecule has 2 saturated carbocycles. The standard InChI is InChI=1S/C9H13NO/c11-8-2-4-9(10-8)3-1-6-5-7(6)9/h6-7H,1-5H2,(H,10,11). The highest BCUT2D eigenvalue weighted by molar-refractivity contribution is 5.79. The van der Waals surface area contributed by atoms with Gasteiger partial charge in [-0.2, -0.15) is 0 Å². The first-order valence-electron chi connectivity index (χ1n) is 4.61. The van der Waals surface area contributed by atoms with E-state index in [9.17, 15) is 4.79 Å². The highest BCUT2D eigenvalue weighted by Gasteiger charge is 2.59. The molecule has 0 bridgehead atoms. The molecule has 3 atom stereocenters. The van der Waals surface area contributed by atoms with Crippen molar-refractivity contribution in [1.29, 1.82) is 0 Å². The van der Waals surface area contributed by atoms with E-state index in [-0.39, 0.29) is 5.91 Å². The minimum absolute atomic E-state index is 0.289. The molecule has 1 amide bonds. The van der Waals surface area contributed by atoms with Crippen molar-refractivity contribution in [1.82, 2.24) is 5.32 Å². The van der Waals surface area contributed by atoms with Gasteiger partial charge < -0.3 is 5.32 Å². The number of amides is 1. The molecule has 1 N–H and O–H groups in total. The molecule has 1 saturated heterocycles. The zero-order valence-corrected chi connectivity index (χ0v) is 6.60. The summed E-state index contributed by atoms with van der Waals surface area (Å²) < 4.78 is 0. The Morgan fingerprint density at radius 3 is 2.82 bits per heavy atom. The van der Waals surface area contributed by atoms with Crippen molar-refractivity contribution >= 4 is 5.91 Å². The minimum atomic E-state index is 0.289. The zero-order chi connectivity index (χ0) is 7.47. The number of carbonyl (C=O) groups excluding carboxylic acids is 1. The second kappa shape index (κ2) is 1.62. The summed E-state index contributed by atoms with van der Waals surface area (Å²) in [5.74, 6) is 2.14. The molecule has 3 aliphatic rings. The fourth-order valence-electron chi connectivity index (χ4n) is 3.08. The summed E-state index contributed by atoms with van der Waals surface area (Å²) in [6.07, 6.45) is 5.91. The van der Waals surface area contributed by atoms with Crippen LogP contribution in [0.4, 0.5) is 0 Å². The monoisotopic (exact) mass is 151 g/mol. The molecule has 0 aromatic carbocycles. The van der Waals surface area contributed by atoms with Gasteiger partial charge in [0.2, 0.25) is 5.91 Å². The molecule has 1 heterocycles. The molecule has 2 heteroatoms. The first kappa shape index (κ1) is 6.04. The lowest BCUT2D eigenvalue weighted by molar-refractivity contribution is -0.119. The number of fused-ring (bicyclic) bond motifs is 2. The molecule has 3 unspecified atom stereocenters. The summed E-state index contributed by atoms with van der Waals surface area (Å²) in [5, 5.41) is 3.18. The van der Waals surface area contributed by atoms with E-state index in [0.717, 1.165) is 24.7 Å². The lowest BCUT2D eigenvalue weighted by Gasteiger charge is -2.24. The Hall–Kier alpha value is -0.530. The molecular weight excluding hydrogens is 138 g/mol. The lowest BCUT2D eigenvalue weighted by Crippen LogP contribution is -2.41. The maximum absolute atomic E-state index is 11.1. The third-order valence-electron chi connectivity index (χ3n) is 3.78. The van der Waals surface area contributed by atoms with Gasteiger partial charge in [0, 0.05) is 12.0 Å². The van der Waals surface area contributed by atoms with E-state index in [1.165, 1.54) is 19.3 Å². The van der Waals surface area contributed by atoms with Gasteiger partial charge in [-0.3, -0.25) is 4.79 Å². The second-order valence-corrected chi connectivity index (χ2v) is 4.35. The maximum atomic E-state index is 11.1. The van der Waals surface area contributed by atoms with Crippen LogP contribution in [0.15, 0.2) is 0 Å². The second-order valence-electron chi connectivity index (χ2n) is 4.35. The van der Waals surface area contributed by atoms with Crippen LogP contribution >= 0.6 is 0 Å². The Morgan fingerprint density at radius 1 is 1.45 bits per heavy atom. The molecule has 60 valence electrons. The van der Waals surface area contributed by atoms with Crippen LogP contribution in [-0.4, -0.2) is 11.4 Å². The fourth-order valence-corrected chi connectivity index (χ4v) is 3.08. The van der Waals surface area contributed by atoms with Crippen molar-refractivity contribution < 1.29 is 4.79 Å². The largest absolute Gasteiger partial charge is 0.350 e. The number of rotatable bonds is 0. The molecule has 0 aromatic heterocycles. The average Bonchev–Trinajstić information content (AvgIpc) is 2.60. The first-order chi connectivity index (χ1) is 5.30. The van der Waals surface area contributed by atoms with Crippen molar-refractivity contribution in [3.63, 3.8) is 0 Å². The molecule has 2 nitrogen and oxygen atoms in total. The predicted octanol–water partition coefficient (Wildman–Crippen LogP) is 1.07. The molecule has 0 radical (unpaired) electrons. The Kier molecular flexibility index (Phi) is 0.890. The van der Waals surface area contributed by atoms with Gasteiger partial charge in [-0.1, -0.05) is 0 Å². The van der Waals surface area contributed by atoms with Crippen LogP contribution in [0, 0.1) is 11.8 Å². The summed E-state index contributed by atoms with van der Waals surface area (Å²) in [6, 6.07) is 0. The SMILES string of the molecule is O=C1CCC2(CCC3CC32)N1. The number of hydrogen-bond donors (Lipinski definition) is 1. The maximum Gasteiger partial charge on any atom is 0.220 e. The van der Waals surface area contributed by atoms with Gasteiger partial charge >= 0.3 is 0 Å². The van der Waals surface area contributed by atoms with Crippen LogP contribution in [0.1, 0.15) is 32.1 Å². The predicted molar refractivity (Wildman–Crippen MR) is 40.9 cm³/mol. The highest BCUT2D eigenvalue weighted by Crippen LogP contribution is 2.60. The van der Waals surface area contributed by atoms with E-state index in [1.54, 1.807) is 0 Å². The molecule has 1 spiro atoms. The Bertz CT molecular complexity index is 226. The van der Waals surface area contributed by atoms with E-state index >= 15 is 0 Å². The smallest absolute Gasteiger partial charge is 0.220 e. The van der Waals surface area contributed by atoms with Crippen LogP contribution in [0.5, 0.6) is 0 Å². The first-order valence-corrected chi connectivity index (χ1v) is 4.61. The number of carbonyl (C=O) groups is 1. The van der Waals surface area contributed by atoms with Crippen molar-refractivity contribution in [3.05, 3.63) is 0 Å². The Morgan fingerprint density at radius 2 is 2.36 bits per heavy atom. The number of nitrogens with one attached hydrogen (secondary N) is 1. The van der Waals surface area contributed by atoms with Gasteiger partial charge in [-0.05, 0) is 37.5 Å². The molecule has 0 aromatic rings. The quantitative estimate of drug-likeness (QED) is 0.551. The molecular formula is C9H13NO. The Balaban J connectivity index is 1.89. The van der Waals surface area contributed by atoms with Gasteiger partial charge in [0.1, 0.15) is 0 Å². The van der Waals surface area contributed by atoms with Crippen molar-refractivity contribution in [2.24, 2.45) is 11.8 Å². The van der Waals surface area contributed by atoms with Crippen LogP contribution in [-0.2, 0) is 4.79 Å². The van der Waals surface area contributed by atoms with E-state index in [0.29, 0.717) is 5.54 Å². The van der Waals surface area contributed by atoms with E-state index in [4.69, 9.17) is 0 Å². The van der Waals surface area contributed by atoms with Gasteiger partial charge in [-0.15, -0.1) is 0 Å². The summed E-state index contributed by atoms with van der Waals surface area (Å²) in [4.78, 5) is 11.1. The van der Waals surface area contributed by atoms with Gasteiger partial charge in [0.15, 0.2) is 0 Å². The molecule has 2 aliphatic carbocycles. The molecule has 1 aliphatic heterocycles. The normalized spacial score (nSPS) is 52.9. The van der Waals surface area contributed by atoms with E-state index in [2.05, 4.69) is 5.32 Å². The van der Waals surface area contributed by atoms with Gasteiger partial charge in [-0.25, -0.2) is 0 Å².